The first-order valence-electron chi connectivity index (χ1n) is 6.77. The lowest BCUT2D eigenvalue weighted by Crippen LogP contribution is -2.33. The van der Waals surface area contributed by atoms with E-state index < -0.39 is 0 Å². The molecule has 0 spiro atoms. The summed E-state index contributed by atoms with van der Waals surface area (Å²) >= 11 is 6.04. The van der Waals surface area contributed by atoms with Crippen molar-refractivity contribution in [3.05, 3.63) is 59.0 Å². The first-order chi connectivity index (χ1) is 9.28. The Labute approximate surface area is 119 Å². The Hall–Kier alpha value is -1.25. The Morgan fingerprint density at radius 3 is 2.74 bits per heavy atom. The van der Waals surface area contributed by atoms with Crippen molar-refractivity contribution in [2.24, 2.45) is 0 Å². The fraction of sp³-hybridized carbons (Fsp3) is 0.375. The summed E-state index contributed by atoms with van der Waals surface area (Å²) in [6, 6.07) is 10.5. The van der Waals surface area contributed by atoms with Crippen molar-refractivity contribution in [1.29, 1.82) is 0 Å². The van der Waals surface area contributed by atoms with Crippen molar-refractivity contribution in [1.82, 2.24) is 5.32 Å². The maximum Gasteiger partial charge on any atom is 0.0935 e. The highest BCUT2D eigenvalue weighted by Gasteiger charge is 2.11. The van der Waals surface area contributed by atoms with Gasteiger partial charge < -0.3 is 9.73 Å². The summed E-state index contributed by atoms with van der Waals surface area (Å²) in [5, 5.41) is 4.39. The topological polar surface area (TPSA) is 25.2 Å². The van der Waals surface area contributed by atoms with Crippen LogP contribution >= 0.6 is 11.6 Å². The van der Waals surface area contributed by atoms with Crippen LogP contribution in [0.3, 0.4) is 0 Å². The summed E-state index contributed by atoms with van der Waals surface area (Å²) in [7, 11) is 0. The summed E-state index contributed by atoms with van der Waals surface area (Å²) in [6.07, 6.45) is 6.64. The maximum absolute atomic E-state index is 6.04. The van der Waals surface area contributed by atoms with Gasteiger partial charge in [-0.1, -0.05) is 30.7 Å². The minimum Gasteiger partial charge on any atom is -0.472 e. The van der Waals surface area contributed by atoms with E-state index in [0.29, 0.717) is 6.04 Å². The van der Waals surface area contributed by atoms with Crippen LogP contribution in [0.2, 0.25) is 5.02 Å². The number of hydrogen-bond acceptors (Lipinski definition) is 2. The Kier molecular flexibility index (Phi) is 5.49. The second-order valence-electron chi connectivity index (χ2n) is 4.82. The molecule has 2 aromatic rings. The van der Waals surface area contributed by atoms with Crippen LogP contribution in [0.25, 0.3) is 0 Å². The van der Waals surface area contributed by atoms with Gasteiger partial charge in [-0.05, 0) is 55.1 Å². The molecule has 1 unspecified atom stereocenters. The van der Waals surface area contributed by atoms with Crippen molar-refractivity contribution in [3.8, 4) is 0 Å². The molecule has 0 fully saturated rings. The molecule has 1 atom stereocenters. The van der Waals surface area contributed by atoms with Gasteiger partial charge in [0.25, 0.3) is 0 Å². The molecule has 0 aliphatic heterocycles. The van der Waals surface area contributed by atoms with E-state index in [1.54, 1.807) is 6.26 Å². The molecule has 0 bridgehead atoms. The minimum atomic E-state index is 0.413. The molecule has 102 valence electrons. The van der Waals surface area contributed by atoms with Crippen LogP contribution in [-0.2, 0) is 12.8 Å². The van der Waals surface area contributed by atoms with Gasteiger partial charge in [0.2, 0.25) is 0 Å². The first kappa shape index (κ1) is 14.2. The molecule has 19 heavy (non-hydrogen) atoms. The molecule has 0 radical (unpaired) electrons. The molecule has 2 nitrogen and oxygen atoms in total. The van der Waals surface area contributed by atoms with Gasteiger partial charge in [0.1, 0.15) is 0 Å². The largest absolute Gasteiger partial charge is 0.472 e. The van der Waals surface area contributed by atoms with Gasteiger partial charge in [-0.25, -0.2) is 0 Å². The number of hydrogen-bond donors (Lipinski definition) is 1. The molecule has 3 heteroatoms. The summed E-state index contributed by atoms with van der Waals surface area (Å²) in [4.78, 5) is 0. The molecule has 1 aromatic heterocycles. The van der Waals surface area contributed by atoms with Gasteiger partial charge in [0.15, 0.2) is 0 Å². The Bertz CT molecular complexity index is 481. The fourth-order valence-electron chi connectivity index (χ4n) is 2.21. The maximum atomic E-state index is 6.04. The zero-order chi connectivity index (χ0) is 13.5. The highest BCUT2D eigenvalue weighted by Crippen LogP contribution is 2.14. The van der Waals surface area contributed by atoms with Gasteiger partial charge in [-0.3, -0.25) is 0 Å². The highest BCUT2D eigenvalue weighted by molar-refractivity contribution is 6.30. The molecule has 2 rings (SSSR count). The standard InChI is InChI=1S/C16H20ClNO/c1-2-7-18-16(11-14-6-8-19-12-14)10-13-4-3-5-15(17)9-13/h3-6,8-9,12,16,18H,2,7,10-11H2,1H3. The van der Waals surface area contributed by atoms with E-state index in [1.165, 1.54) is 11.1 Å². The zero-order valence-electron chi connectivity index (χ0n) is 11.2. The molecule has 1 N–H and O–H groups in total. The van der Waals surface area contributed by atoms with E-state index in [2.05, 4.69) is 18.3 Å². The number of rotatable bonds is 7. The van der Waals surface area contributed by atoms with Gasteiger partial charge in [-0.2, -0.15) is 0 Å². The van der Waals surface area contributed by atoms with Crippen LogP contribution in [0.15, 0.2) is 47.3 Å². The summed E-state index contributed by atoms with van der Waals surface area (Å²) < 4.78 is 5.14. The zero-order valence-corrected chi connectivity index (χ0v) is 12.0. The highest BCUT2D eigenvalue weighted by atomic mass is 35.5. The molecule has 0 amide bonds. The van der Waals surface area contributed by atoms with E-state index in [-0.39, 0.29) is 0 Å². The quantitative estimate of drug-likeness (QED) is 0.825. The SMILES string of the molecule is CCCNC(Cc1ccoc1)Cc1cccc(Cl)c1. The normalized spacial score (nSPS) is 12.5. The average molecular weight is 278 g/mol. The van der Waals surface area contributed by atoms with Crippen molar-refractivity contribution in [2.75, 3.05) is 6.54 Å². The Morgan fingerprint density at radius 2 is 2.05 bits per heavy atom. The van der Waals surface area contributed by atoms with Crippen molar-refractivity contribution in [2.45, 2.75) is 32.2 Å². The van der Waals surface area contributed by atoms with Crippen LogP contribution in [0.1, 0.15) is 24.5 Å². The van der Waals surface area contributed by atoms with Gasteiger partial charge in [-0.15, -0.1) is 0 Å². The number of halogens is 1. The molecule has 0 saturated heterocycles. The predicted octanol–water partition coefficient (Wildman–Crippen LogP) is 4.09. The third-order valence-electron chi connectivity index (χ3n) is 3.12. The van der Waals surface area contributed by atoms with E-state index in [4.69, 9.17) is 16.0 Å². The molecular formula is C16H20ClNO. The smallest absolute Gasteiger partial charge is 0.0935 e. The van der Waals surface area contributed by atoms with Crippen LogP contribution in [-0.4, -0.2) is 12.6 Å². The Balaban J connectivity index is 2.00. The Morgan fingerprint density at radius 1 is 1.21 bits per heavy atom. The van der Waals surface area contributed by atoms with Gasteiger partial charge in [0, 0.05) is 11.1 Å². The lowest BCUT2D eigenvalue weighted by atomic mass is 10.0. The minimum absolute atomic E-state index is 0.413. The number of furan rings is 1. The number of benzene rings is 1. The van der Waals surface area contributed by atoms with E-state index in [1.807, 2.05) is 30.5 Å². The lowest BCUT2D eigenvalue weighted by Gasteiger charge is -2.18. The lowest BCUT2D eigenvalue weighted by molar-refractivity contribution is 0.499. The summed E-state index contributed by atoms with van der Waals surface area (Å²) in [5.74, 6) is 0. The molecule has 0 aliphatic carbocycles. The average Bonchev–Trinajstić information content (AvgIpc) is 2.89. The second-order valence-corrected chi connectivity index (χ2v) is 5.26. The second kappa shape index (κ2) is 7.37. The molecular weight excluding hydrogens is 258 g/mol. The summed E-state index contributed by atoms with van der Waals surface area (Å²) in [5.41, 5.74) is 2.50. The van der Waals surface area contributed by atoms with E-state index >= 15 is 0 Å². The molecule has 0 saturated carbocycles. The first-order valence-corrected chi connectivity index (χ1v) is 7.14. The monoisotopic (exact) mass is 277 g/mol. The van der Waals surface area contributed by atoms with E-state index in [0.717, 1.165) is 30.8 Å². The van der Waals surface area contributed by atoms with Crippen molar-refractivity contribution in [3.63, 3.8) is 0 Å². The van der Waals surface area contributed by atoms with Crippen molar-refractivity contribution >= 4 is 11.6 Å². The van der Waals surface area contributed by atoms with Crippen molar-refractivity contribution < 1.29 is 4.42 Å². The number of nitrogens with one attached hydrogen (secondary N) is 1. The van der Waals surface area contributed by atoms with E-state index in [9.17, 15) is 0 Å². The molecule has 1 aromatic carbocycles. The van der Waals surface area contributed by atoms with Gasteiger partial charge in [0.05, 0.1) is 12.5 Å². The third kappa shape index (κ3) is 4.73. The van der Waals surface area contributed by atoms with Crippen LogP contribution in [0.5, 0.6) is 0 Å². The predicted molar refractivity (Wildman–Crippen MR) is 79.6 cm³/mol. The molecule has 0 aliphatic rings. The summed E-state index contributed by atoms with van der Waals surface area (Å²) in [6.45, 7) is 3.21. The fourth-order valence-corrected chi connectivity index (χ4v) is 2.42. The van der Waals surface area contributed by atoms with Crippen LogP contribution in [0.4, 0.5) is 0 Å². The van der Waals surface area contributed by atoms with Crippen LogP contribution < -0.4 is 5.32 Å². The molecule has 1 heterocycles. The van der Waals surface area contributed by atoms with Gasteiger partial charge >= 0.3 is 0 Å². The van der Waals surface area contributed by atoms with Crippen LogP contribution in [0, 0.1) is 0 Å². The third-order valence-corrected chi connectivity index (χ3v) is 3.35.